The Bertz CT molecular complexity index is 1020. The first-order valence-corrected chi connectivity index (χ1v) is 14.1. The van der Waals surface area contributed by atoms with Crippen LogP contribution in [0.5, 0.6) is 0 Å². The van der Waals surface area contributed by atoms with Crippen LogP contribution in [0.3, 0.4) is 0 Å². The zero-order chi connectivity index (χ0) is 30.1. The first-order chi connectivity index (χ1) is 18.9. The molecule has 0 bridgehead atoms. The predicted octanol–water partition coefficient (Wildman–Crippen LogP) is -1.83. The van der Waals surface area contributed by atoms with Gasteiger partial charge in [0.05, 0.1) is 6.04 Å². The molecule has 0 aromatic heterocycles. The van der Waals surface area contributed by atoms with E-state index in [9.17, 15) is 29.1 Å². The van der Waals surface area contributed by atoms with E-state index in [4.69, 9.17) is 22.9 Å². The monoisotopic (exact) mass is 580 g/mol. The van der Waals surface area contributed by atoms with Crippen molar-refractivity contribution < 1.29 is 29.1 Å². The quantitative estimate of drug-likeness (QED) is 0.0515. The molecule has 0 saturated heterocycles. The lowest BCUT2D eigenvalue weighted by atomic mass is 10.0. The van der Waals surface area contributed by atoms with E-state index in [0.29, 0.717) is 5.75 Å². The van der Waals surface area contributed by atoms with Crippen molar-refractivity contribution in [1.29, 1.82) is 0 Å². The molecule has 4 atom stereocenters. The summed E-state index contributed by atoms with van der Waals surface area (Å²) in [5.41, 5.74) is 22.7. The second kappa shape index (κ2) is 18.4. The number of aliphatic carboxylic acids is 1. The van der Waals surface area contributed by atoms with Crippen molar-refractivity contribution in [1.82, 2.24) is 16.0 Å². The van der Waals surface area contributed by atoms with Gasteiger partial charge >= 0.3 is 5.97 Å². The Labute approximate surface area is 237 Å². The van der Waals surface area contributed by atoms with Crippen molar-refractivity contribution in [3.63, 3.8) is 0 Å². The summed E-state index contributed by atoms with van der Waals surface area (Å²) in [5.74, 6) is -3.68. The molecular weight excluding hydrogens is 540 g/mol. The number of rotatable bonds is 19. The molecule has 0 fully saturated rings. The minimum absolute atomic E-state index is 0.0139. The van der Waals surface area contributed by atoms with Crippen LogP contribution in [0.1, 0.15) is 37.7 Å². The lowest BCUT2D eigenvalue weighted by molar-refractivity contribution is -0.142. The summed E-state index contributed by atoms with van der Waals surface area (Å²) >= 11 is 1.45. The third-order valence-electron chi connectivity index (χ3n) is 5.75. The molecule has 222 valence electrons. The number of hydrogen-bond acceptors (Lipinski definition) is 8. The van der Waals surface area contributed by atoms with Crippen LogP contribution in [-0.4, -0.2) is 83.4 Å². The normalized spacial score (nSPS) is 13.7. The maximum absolute atomic E-state index is 13.2. The molecule has 4 amide bonds. The fraction of sp³-hybridized carbons (Fsp3) is 0.520. The highest BCUT2D eigenvalue weighted by molar-refractivity contribution is 7.98. The Morgan fingerprint density at radius 2 is 1.45 bits per heavy atom. The summed E-state index contributed by atoms with van der Waals surface area (Å²) < 4.78 is 0. The Hall–Kier alpha value is -3.85. The molecule has 0 aliphatic carbocycles. The molecule has 0 aliphatic rings. The fourth-order valence-electron chi connectivity index (χ4n) is 3.60. The van der Waals surface area contributed by atoms with Gasteiger partial charge in [0.2, 0.25) is 23.6 Å². The molecule has 1 rings (SSSR count). The molecule has 40 heavy (non-hydrogen) atoms. The fourth-order valence-corrected chi connectivity index (χ4v) is 4.08. The van der Waals surface area contributed by atoms with Crippen molar-refractivity contribution in [3.05, 3.63) is 35.9 Å². The number of carboxylic acid groups (broad SMARTS) is 1. The number of thioether (sulfide) groups is 1. The number of nitrogens with zero attached hydrogens (tertiary/aromatic N) is 1. The molecule has 0 heterocycles. The molecule has 14 nitrogen and oxygen atoms in total. The molecule has 1 aromatic carbocycles. The summed E-state index contributed by atoms with van der Waals surface area (Å²) in [7, 11) is 0. The molecule has 4 unspecified atom stereocenters. The van der Waals surface area contributed by atoms with E-state index < -0.39 is 53.8 Å². The van der Waals surface area contributed by atoms with Crippen LogP contribution < -0.4 is 38.9 Å². The van der Waals surface area contributed by atoms with E-state index >= 15 is 0 Å². The Morgan fingerprint density at radius 1 is 0.875 bits per heavy atom. The summed E-state index contributed by atoms with van der Waals surface area (Å²) in [5, 5.41) is 17.1. The number of carbonyl (C=O) groups excluding carboxylic acids is 4. The van der Waals surface area contributed by atoms with Crippen LogP contribution >= 0.6 is 11.8 Å². The first-order valence-electron chi connectivity index (χ1n) is 12.7. The van der Waals surface area contributed by atoms with Gasteiger partial charge in [-0.2, -0.15) is 11.8 Å². The molecule has 0 radical (unpaired) electrons. The predicted molar refractivity (Wildman–Crippen MR) is 153 cm³/mol. The summed E-state index contributed by atoms with van der Waals surface area (Å²) in [6.45, 7) is 0.160. The van der Waals surface area contributed by atoms with E-state index in [-0.39, 0.29) is 51.0 Å². The number of benzene rings is 1. The van der Waals surface area contributed by atoms with Gasteiger partial charge in [-0.05, 0) is 49.7 Å². The van der Waals surface area contributed by atoms with Gasteiger partial charge in [-0.25, -0.2) is 4.79 Å². The van der Waals surface area contributed by atoms with E-state index in [2.05, 4.69) is 20.9 Å². The zero-order valence-electron chi connectivity index (χ0n) is 22.5. The maximum atomic E-state index is 13.2. The van der Waals surface area contributed by atoms with Gasteiger partial charge in [0.25, 0.3) is 0 Å². The molecule has 0 saturated carbocycles. The van der Waals surface area contributed by atoms with Crippen LogP contribution in [0.4, 0.5) is 0 Å². The lowest BCUT2D eigenvalue weighted by Crippen LogP contribution is -2.57. The second-order valence-electron chi connectivity index (χ2n) is 9.05. The standard InChI is InChI=1S/C25H40N8O6S/c1-40-13-11-18(31-21(35)16(26)14-15-6-3-2-4-7-15)23(37)32-17(9-10-20(27)34)22(36)33-19(24(38)39)8-5-12-30-25(28)29/h2-4,6-7,16-19H,5,8-14,26H2,1H3,(H2,27,34)(H,31,35)(H,32,37)(H,33,36)(H,38,39)(H4,28,29,30). The molecule has 12 N–H and O–H groups in total. The van der Waals surface area contributed by atoms with Gasteiger partial charge in [-0.3, -0.25) is 24.2 Å². The van der Waals surface area contributed by atoms with Crippen LogP contribution in [0.15, 0.2) is 35.3 Å². The van der Waals surface area contributed by atoms with E-state index in [1.165, 1.54) is 11.8 Å². The van der Waals surface area contributed by atoms with E-state index in [1.807, 2.05) is 36.6 Å². The number of amides is 4. The smallest absolute Gasteiger partial charge is 0.326 e. The van der Waals surface area contributed by atoms with Crippen LogP contribution in [0.2, 0.25) is 0 Å². The summed E-state index contributed by atoms with van der Waals surface area (Å²) in [6.07, 6.45) is 2.19. The highest BCUT2D eigenvalue weighted by Gasteiger charge is 2.30. The summed E-state index contributed by atoms with van der Waals surface area (Å²) in [6, 6.07) is 4.63. The van der Waals surface area contributed by atoms with Gasteiger partial charge in [-0.15, -0.1) is 0 Å². The van der Waals surface area contributed by atoms with Gasteiger partial charge in [0, 0.05) is 13.0 Å². The molecule has 0 spiro atoms. The van der Waals surface area contributed by atoms with Crippen LogP contribution in [-0.2, 0) is 30.4 Å². The lowest BCUT2D eigenvalue weighted by Gasteiger charge is -2.25. The Kier molecular flexibility index (Phi) is 15.8. The average Bonchev–Trinajstić information content (AvgIpc) is 2.90. The molecule has 15 heteroatoms. The molecule has 1 aromatic rings. The highest BCUT2D eigenvalue weighted by atomic mass is 32.2. The van der Waals surface area contributed by atoms with Gasteiger partial charge in [0.1, 0.15) is 18.1 Å². The maximum Gasteiger partial charge on any atom is 0.326 e. The third-order valence-corrected chi connectivity index (χ3v) is 6.40. The third kappa shape index (κ3) is 13.8. The zero-order valence-corrected chi connectivity index (χ0v) is 23.3. The number of guanidine groups is 1. The molecule has 0 aliphatic heterocycles. The van der Waals surface area contributed by atoms with Crippen LogP contribution in [0.25, 0.3) is 0 Å². The number of nitrogens with two attached hydrogens (primary N) is 4. The summed E-state index contributed by atoms with van der Waals surface area (Å²) in [4.78, 5) is 65.8. The van der Waals surface area contributed by atoms with Crippen LogP contribution in [0, 0.1) is 0 Å². The van der Waals surface area contributed by atoms with Crippen molar-refractivity contribution in [3.8, 4) is 0 Å². The topological polar surface area (TPSA) is 258 Å². The number of nitrogens with one attached hydrogen (secondary N) is 3. The number of aliphatic imine (C=N–C) groups is 1. The van der Waals surface area contributed by atoms with Gasteiger partial charge in [-0.1, -0.05) is 30.3 Å². The van der Waals surface area contributed by atoms with Crippen molar-refractivity contribution >= 4 is 47.3 Å². The van der Waals surface area contributed by atoms with Gasteiger partial charge < -0.3 is 44.0 Å². The number of carboxylic acids is 1. The number of primary amides is 1. The van der Waals surface area contributed by atoms with E-state index in [0.717, 1.165) is 5.56 Å². The largest absolute Gasteiger partial charge is 0.480 e. The minimum atomic E-state index is -1.30. The Balaban J connectivity index is 2.95. The Morgan fingerprint density at radius 3 is 2.00 bits per heavy atom. The average molecular weight is 581 g/mol. The number of hydrogen-bond donors (Lipinski definition) is 8. The minimum Gasteiger partial charge on any atom is -0.480 e. The molecular formula is C25H40N8O6S. The van der Waals surface area contributed by atoms with Crippen molar-refractivity contribution in [2.75, 3.05) is 18.6 Å². The first kappa shape index (κ1) is 34.2. The van der Waals surface area contributed by atoms with Gasteiger partial charge in [0.15, 0.2) is 5.96 Å². The highest BCUT2D eigenvalue weighted by Crippen LogP contribution is 2.07. The van der Waals surface area contributed by atoms with Crippen molar-refractivity contribution in [2.45, 2.75) is 62.7 Å². The van der Waals surface area contributed by atoms with E-state index in [1.54, 1.807) is 0 Å². The second-order valence-corrected chi connectivity index (χ2v) is 10.0. The van der Waals surface area contributed by atoms with Crippen molar-refractivity contribution in [2.24, 2.45) is 27.9 Å². The SMILES string of the molecule is CSCCC(NC(=O)C(N)Cc1ccccc1)C(=O)NC(CCC(N)=O)C(=O)NC(CCCN=C(N)N)C(=O)O. The number of carbonyl (C=O) groups is 5.